The summed E-state index contributed by atoms with van der Waals surface area (Å²) in [4.78, 5) is 37.1. The summed E-state index contributed by atoms with van der Waals surface area (Å²) in [6, 6.07) is 11.9. The first-order chi connectivity index (χ1) is 11.8. The minimum atomic E-state index is -0.365. The van der Waals surface area contributed by atoms with E-state index in [9.17, 15) is 14.4 Å². The highest BCUT2D eigenvalue weighted by Gasteiger charge is 2.18. The maximum Gasteiger partial charge on any atom is 0.244 e. The van der Waals surface area contributed by atoms with E-state index in [1.807, 2.05) is 0 Å². The summed E-state index contributed by atoms with van der Waals surface area (Å²) < 4.78 is 0. The van der Waals surface area contributed by atoms with Crippen LogP contribution in [0, 0.1) is 6.92 Å². The maximum absolute atomic E-state index is 12.4. The molecule has 0 aliphatic heterocycles. The Balaban J connectivity index is 2.19. The molecule has 2 rings (SSSR count). The summed E-state index contributed by atoms with van der Waals surface area (Å²) in [5, 5.41) is 3.23. The van der Waals surface area contributed by atoms with Crippen molar-refractivity contribution >= 4 is 40.6 Å². The average molecular weight is 359 g/mol. The van der Waals surface area contributed by atoms with Crippen LogP contribution in [0.2, 0.25) is 5.02 Å². The van der Waals surface area contributed by atoms with E-state index in [0.717, 1.165) is 5.56 Å². The lowest BCUT2D eigenvalue weighted by Crippen LogP contribution is -2.37. The molecule has 0 radical (unpaired) electrons. The molecule has 0 fully saturated rings. The van der Waals surface area contributed by atoms with Crippen LogP contribution >= 0.6 is 11.6 Å². The number of Topliss-reactive ketones (excluding diaryl/α,β-unsaturated/α-hetero) is 1. The normalized spacial score (nSPS) is 10.2. The molecule has 0 bridgehead atoms. The highest BCUT2D eigenvalue weighted by atomic mass is 35.5. The van der Waals surface area contributed by atoms with Crippen LogP contribution in [0.15, 0.2) is 42.5 Å². The highest BCUT2D eigenvalue weighted by molar-refractivity contribution is 6.31. The number of nitrogens with zero attached hydrogens (tertiary/aromatic N) is 1. The molecule has 0 atom stereocenters. The van der Waals surface area contributed by atoms with Gasteiger partial charge in [-0.1, -0.05) is 29.8 Å². The molecule has 0 unspecified atom stereocenters. The van der Waals surface area contributed by atoms with E-state index < -0.39 is 0 Å². The molecule has 0 aliphatic rings. The van der Waals surface area contributed by atoms with Gasteiger partial charge in [-0.3, -0.25) is 14.4 Å². The first kappa shape index (κ1) is 18.7. The van der Waals surface area contributed by atoms with Crippen molar-refractivity contribution in [2.75, 3.05) is 16.8 Å². The topological polar surface area (TPSA) is 66.5 Å². The number of carbonyl (C=O) groups excluding carboxylic acids is 3. The number of hydrogen-bond acceptors (Lipinski definition) is 3. The molecule has 0 aliphatic carbocycles. The van der Waals surface area contributed by atoms with Crippen molar-refractivity contribution in [2.45, 2.75) is 20.8 Å². The third kappa shape index (κ3) is 4.67. The SMILES string of the molecule is CC(=O)c1cccc(NC(=O)CN(C(C)=O)c2cccc(Cl)c2C)c1. The largest absolute Gasteiger partial charge is 0.325 e. The molecule has 25 heavy (non-hydrogen) atoms. The van der Waals surface area contributed by atoms with E-state index in [2.05, 4.69) is 5.32 Å². The van der Waals surface area contributed by atoms with Gasteiger partial charge in [0.15, 0.2) is 5.78 Å². The van der Waals surface area contributed by atoms with Crippen LogP contribution in [0.4, 0.5) is 11.4 Å². The van der Waals surface area contributed by atoms with Gasteiger partial charge in [0.25, 0.3) is 0 Å². The smallest absolute Gasteiger partial charge is 0.244 e. The van der Waals surface area contributed by atoms with E-state index in [0.29, 0.717) is 22.0 Å². The third-order valence-electron chi connectivity index (χ3n) is 3.76. The molecule has 0 saturated carbocycles. The maximum atomic E-state index is 12.4. The Hall–Kier alpha value is -2.66. The van der Waals surface area contributed by atoms with E-state index in [1.54, 1.807) is 49.4 Å². The van der Waals surface area contributed by atoms with Crippen molar-refractivity contribution in [1.82, 2.24) is 0 Å². The number of hydrogen-bond donors (Lipinski definition) is 1. The van der Waals surface area contributed by atoms with Gasteiger partial charge < -0.3 is 10.2 Å². The quantitative estimate of drug-likeness (QED) is 0.826. The molecule has 5 nitrogen and oxygen atoms in total. The first-order valence-corrected chi connectivity index (χ1v) is 8.11. The fourth-order valence-corrected chi connectivity index (χ4v) is 2.58. The second kappa shape index (κ2) is 7.94. The summed E-state index contributed by atoms with van der Waals surface area (Å²) >= 11 is 6.11. The van der Waals surface area contributed by atoms with Crippen molar-refractivity contribution in [3.05, 3.63) is 58.6 Å². The lowest BCUT2D eigenvalue weighted by atomic mass is 10.1. The lowest BCUT2D eigenvalue weighted by molar-refractivity contribution is -0.120. The van der Waals surface area contributed by atoms with Gasteiger partial charge >= 0.3 is 0 Å². The van der Waals surface area contributed by atoms with Gasteiger partial charge in [-0.25, -0.2) is 0 Å². The Morgan fingerprint density at radius 1 is 1.08 bits per heavy atom. The minimum Gasteiger partial charge on any atom is -0.325 e. The molecule has 2 amide bonds. The van der Waals surface area contributed by atoms with Crippen LogP contribution in [0.3, 0.4) is 0 Å². The minimum absolute atomic E-state index is 0.0870. The highest BCUT2D eigenvalue weighted by Crippen LogP contribution is 2.26. The predicted molar refractivity (Wildman–Crippen MR) is 99.3 cm³/mol. The van der Waals surface area contributed by atoms with Crippen molar-refractivity contribution in [2.24, 2.45) is 0 Å². The fourth-order valence-electron chi connectivity index (χ4n) is 2.41. The Kier molecular flexibility index (Phi) is 5.93. The van der Waals surface area contributed by atoms with E-state index in [1.165, 1.54) is 18.7 Å². The second-order valence-corrected chi connectivity index (χ2v) is 6.08. The standard InChI is InChI=1S/C19H19ClN2O3/c1-12-17(20)8-5-9-18(12)22(14(3)24)11-19(25)21-16-7-4-6-15(10-16)13(2)23/h4-10H,11H2,1-3H3,(H,21,25). The Labute approximate surface area is 151 Å². The summed E-state index contributed by atoms with van der Waals surface area (Å²) in [6.07, 6.45) is 0. The van der Waals surface area contributed by atoms with Crippen LogP contribution in [-0.4, -0.2) is 24.1 Å². The number of halogens is 1. The molecule has 2 aromatic rings. The zero-order valence-corrected chi connectivity index (χ0v) is 15.1. The number of ketones is 1. The average Bonchev–Trinajstić information content (AvgIpc) is 2.55. The molecule has 0 spiro atoms. The zero-order chi connectivity index (χ0) is 18.6. The molecule has 130 valence electrons. The van der Waals surface area contributed by atoms with E-state index in [4.69, 9.17) is 11.6 Å². The van der Waals surface area contributed by atoms with Gasteiger partial charge in [0.1, 0.15) is 6.54 Å². The molecule has 1 N–H and O–H groups in total. The second-order valence-electron chi connectivity index (χ2n) is 5.67. The van der Waals surface area contributed by atoms with E-state index >= 15 is 0 Å². The van der Waals surface area contributed by atoms with Gasteiger partial charge in [-0.05, 0) is 43.7 Å². The summed E-state index contributed by atoms with van der Waals surface area (Å²) in [7, 11) is 0. The monoisotopic (exact) mass is 358 g/mol. The van der Waals surface area contributed by atoms with Crippen molar-refractivity contribution in [3.8, 4) is 0 Å². The number of amides is 2. The van der Waals surface area contributed by atoms with Gasteiger partial charge in [0, 0.05) is 28.9 Å². The molecule has 0 aromatic heterocycles. The summed E-state index contributed by atoms with van der Waals surface area (Å²) in [6.45, 7) is 4.49. The third-order valence-corrected chi connectivity index (χ3v) is 4.17. The molecular weight excluding hydrogens is 340 g/mol. The first-order valence-electron chi connectivity index (χ1n) is 7.73. The summed E-state index contributed by atoms with van der Waals surface area (Å²) in [5.74, 6) is -0.718. The number of rotatable bonds is 5. The van der Waals surface area contributed by atoms with Crippen LogP contribution in [0.1, 0.15) is 29.8 Å². The lowest BCUT2D eigenvalue weighted by Gasteiger charge is -2.23. The zero-order valence-electron chi connectivity index (χ0n) is 14.3. The number of anilines is 2. The molecule has 2 aromatic carbocycles. The molecule has 6 heteroatoms. The Bertz CT molecular complexity index is 833. The van der Waals surface area contributed by atoms with Crippen molar-refractivity contribution < 1.29 is 14.4 Å². The molecule has 0 heterocycles. The predicted octanol–water partition coefficient (Wildman–Crippen LogP) is 3.84. The fraction of sp³-hybridized carbons (Fsp3) is 0.211. The van der Waals surface area contributed by atoms with Gasteiger partial charge in [0.05, 0.1) is 0 Å². The van der Waals surface area contributed by atoms with Crippen molar-refractivity contribution in [3.63, 3.8) is 0 Å². The van der Waals surface area contributed by atoms with Crippen LogP contribution in [0.5, 0.6) is 0 Å². The number of nitrogens with one attached hydrogen (secondary N) is 1. The molecule has 0 saturated heterocycles. The Morgan fingerprint density at radius 2 is 1.76 bits per heavy atom. The van der Waals surface area contributed by atoms with Crippen molar-refractivity contribution in [1.29, 1.82) is 0 Å². The van der Waals surface area contributed by atoms with Gasteiger partial charge in [-0.2, -0.15) is 0 Å². The van der Waals surface area contributed by atoms with Crippen LogP contribution in [0.25, 0.3) is 0 Å². The van der Waals surface area contributed by atoms with Crippen LogP contribution < -0.4 is 10.2 Å². The molecular formula is C19H19ClN2O3. The number of benzene rings is 2. The van der Waals surface area contributed by atoms with E-state index in [-0.39, 0.29) is 24.1 Å². The number of carbonyl (C=O) groups is 3. The van der Waals surface area contributed by atoms with Crippen LogP contribution in [-0.2, 0) is 9.59 Å². The Morgan fingerprint density at radius 3 is 2.40 bits per heavy atom. The van der Waals surface area contributed by atoms with Gasteiger partial charge in [0.2, 0.25) is 11.8 Å². The van der Waals surface area contributed by atoms with Gasteiger partial charge in [-0.15, -0.1) is 0 Å². The summed E-state index contributed by atoms with van der Waals surface area (Å²) in [5.41, 5.74) is 2.33.